The summed E-state index contributed by atoms with van der Waals surface area (Å²) in [5.41, 5.74) is -0.158. The van der Waals surface area contributed by atoms with E-state index < -0.39 is 11.7 Å². The number of nitrogens with zero attached hydrogens (tertiary/aromatic N) is 2. The van der Waals surface area contributed by atoms with Crippen LogP contribution < -0.4 is 10.6 Å². The standard InChI is InChI=1S/C23H35F3N4O/c1-2-27-21(28-12-5-13-30-14-8-20(31)9-15-30)29-17-22(10-4-11-22)18-6-3-7-19(16-18)23(24,25)26/h3,6-7,16,20,31H,2,4-5,8-15,17H2,1H3,(H2,27,28,29). The van der Waals surface area contributed by atoms with Crippen LogP contribution in [-0.4, -0.2) is 61.3 Å². The second-order valence-electron chi connectivity index (χ2n) is 8.76. The summed E-state index contributed by atoms with van der Waals surface area (Å²) in [7, 11) is 0. The van der Waals surface area contributed by atoms with Crippen molar-refractivity contribution in [2.75, 3.05) is 39.3 Å². The van der Waals surface area contributed by atoms with E-state index in [1.165, 1.54) is 12.1 Å². The first-order chi connectivity index (χ1) is 14.8. The van der Waals surface area contributed by atoms with Gasteiger partial charge in [0.1, 0.15) is 0 Å². The van der Waals surface area contributed by atoms with Gasteiger partial charge in [-0.05, 0) is 57.2 Å². The Balaban J connectivity index is 1.56. The number of hydrogen-bond donors (Lipinski definition) is 3. The largest absolute Gasteiger partial charge is 0.416 e. The quantitative estimate of drug-likeness (QED) is 0.329. The maximum Gasteiger partial charge on any atom is 0.416 e. The Labute approximate surface area is 183 Å². The molecule has 1 aliphatic heterocycles. The maximum absolute atomic E-state index is 13.2. The molecule has 1 aromatic rings. The summed E-state index contributed by atoms with van der Waals surface area (Å²) >= 11 is 0. The van der Waals surface area contributed by atoms with E-state index in [-0.39, 0.29) is 11.5 Å². The van der Waals surface area contributed by atoms with Crippen LogP contribution in [-0.2, 0) is 11.6 Å². The first-order valence-electron chi connectivity index (χ1n) is 11.4. The highest BCUT2D eigenvalue weighted by Crippen LogP contribution is 2.45. The van der Waals surface area contributed by atoms with Gasteiger partial charge in [0.15, 0.2) is 5.96 Å². The monoisotopic (exact) mass is 440 g/mol. The molecule has 1 saturated carbocycles. The Morgan fingerprint density at radius 3 is 2.58 bits per heavy atom. The molecule has 1 saturated heterocycles. The van der Waals surface area contributed by atoms with Gasteiger partial charge in [0.25, 0.3) is 0 Å². The smallest absolute Gasteiger partial charge is 0.393 e. The molecule has 8 heteroatoms. The van der Waals surface area contributed by atoms with Gasteiger partial charge in [0.2, 0.25) is 0 Å². The van der Waals surface area contributed by atoms with Gasteiger partial charge in [-0.15, -0.1) is 0 Å². The third-order valence-electron chi connectivity index (χ3n) is 6.50. The molecule has 0 aromatic heterocycles. The summed E-state index contributed by atoms with van der Waals surface area (Å²) in [6.45, 7) is 6.85. The Hall–Kier alpha value is -1.80. The molecule has 1 heterocycles. The number of aliphatic hydroxyl groups is 1. The van der Waals surface area contributed by atoms with Crippen LogP contribution in [0.5, 0.6) is 0 Å². The Morgan fingerprint density at radius 2 is 1.97 bits per heavy atom. The minimum atomic E-state index is -4.33. The third-order valence-corrected chi connectivity index (χ3v) is 6.50. The second-order valence-corrected chi connectivity index (χ2v) is 8.76. The van der Waals surface area contributed by atoms with Gasteiger partial charge in [-0.25, -0.2) is 0 Å². The molecule has 5 nitrogen and oxygen atoms in total. The van der Waals surface area contributed by atoms with Crippen molar-refractivity contribution in [3.8, 4) is 0 Å². The highest BCUT2D eigenvalue weighted by atomic mass is 19.4. The Morgan fingerprint density at radius 1 is 1.23 bits per heavy atom. The normalized spacial score (nSPS) is 20.4. The van der Waals surface area contributed by atoms with Gasteiger partial charge in [-0.1, -0.05) is 24.6 Å². The van der Waals surface area contributed by atoms with Gasteiger partial charge >= 0.3 is 6.18 Å². The van der Waals surface area contributed by atoms with E-state index in [0.29, 0.717) is 6.54 Å². The van der Waals surface area contributed by atoms with Crippen LogP contribution in [0.1, 0.15) is 56.6 Å². The molecule has 2 aliphatic rings. The number of aliphatic hydroxyl groups excluding tert-OH is 1. The number of aliphatic imine (C=N–C) groups is 1. The second kappa shape index (κ2) is 10.7. The lowest BCUT2D eigenvalue weighted by Crippen LogP contribution is -2.43. The summed E-state index contributed by atoms with van der Waals surface area (Å²) in [5.74, 6) is 0.717. The van der Waals surface area contributed by atoms with Crippen molar-refractivity contribution in [3.63, 3.8) is 0 Å². The lowest BCUT2D eigenvalue weighted by atomic mass is 9.64. The van der Waals surface area contributed by atoms with Crippen LogP contribution >= 0.6 is 0 Å². The highest BCUT2D eigenvalue weighted by molar-refractivity contribution is 5.79. The molecule has 1 aromatic carbocycles. The fourth-order valence-corrected chi connectivity index (χ4v) is 4.39. The molecular formula is C23H35F3N4O. The van der Waals surface area contributed by atoms with E-state index in [1.807, 2.05) is 6.92 Å². The van der Waals surface area contributed by atoms with E-state index in [0.717, 1.165) is 88.8 Å². The topological polar surface area (TPSA) is 59.9 Å². The van der Waals surface area contributed by atoms with E-state index in [2.05, 4.69) is 15.5 Å². The zero-order valence-electron chi connectivity index (χ0n) is 18.3. The number of nitrogens with one attached hydrogen (secondary N) is 2. The number of halogens is 3. The summed E-state index contributed by atoms with van der Waals surface area (Å²) in [6.07, 6.45) is 0.907. The molecule has 2 fully saturated rings. The minimum absolute atomic E-state index is 0.155. The zero-order chi connectivity index (χ0) is 22.3. The van der Waals surface area contributed by atoms with E-state index >= 15 is 0 Å². The number of piperidine rings is 1. The van der Waals surface area contributed by atoms with E-state index in [4.69, 9.17) is 4.99 Å². The predicted molar refractivity (Wildman–Crippen MR) is 117 cm³/mol. The van der Waals surface area contributed by atoms with Crippen molar-refractivity contribution >= 4 is 5.96 Å². The van der Waals surface area contributed by atoms with Gasteiger partial charge < -0.3 is 20.6 Å². The molecule has 0 unspecified atom stereocenters. The fraction of sp³-hybridized carbons (Fsp3) is 0.696. The summed E-state index contributed by atoms with van der Waals surface area (Å²) < 4.78 is 39.5. The van der Waals surface area contributed by atoms with Crippen LogP contribution in [0.3, 0.4) is 0 Å². The van der Waals surface area contributed by atoms with Crippen LogP contribution in [0.4, 0.5) is 13.2 Å². The van der Waals surface area contributed by atoms with E-state index in [1.54, 1.807) is 6.07 Å². The van der Waals surface area contributed by atoms with Gasteiger partial charge in [-0.2, -0.15) is 13.2 Å². The summed E-state index contributed by atoms with van der Waals surface area (Å²) in [4.78, 5) is 7.11. The number of benzene rings is 1. The first-order valence-corrected chi connectivity index (χ1v) is 11.4. The minimum Gasteiger partial charge on any atom is -0.393 e. The number of hydrogen-bond acceptors (Lipinski definition) is 3. The first kappa shape index (κ1) is 23.9. The van der Waals surface area contributed by atoms with Gasteiger partial charge in [-0.3, -0.25) is 4.99 Å². The third kappa shape index (κ3) is 6.59. The predicted octanol–water partition coefficient (Wildman–Crippen LogP) is 3.53. The number of guanidine groups is 1. The van der Waals surface area contributed by atoms with Gasteiger partial charge in [0.05, 0.1) is 18.2 Å². The van der Waals surface area contributed by atoms with E-state index in [9.17, 15) is 18.3 Å². The molecule has 1 aliphatic carbocycles. The average Bonchev–Trinajstić information content (AvgIpc) is 2.71. The molecule has 0 atom stereocenters. The van der Waals surface area contributed by atoms with Crippen molar-refractivity contribution < 1.29 is 18.3 Å². The molecule has 31 heavy (non-hydrogen) atoms. The van der Waals surface area contributed by atoms with Crippen molar-refractivity contribution in [1.29, 1.82) is 0 Å². The SMILES string of the molecule is CCNC(=NCC1(c2cccc(C(F)(F)F)c2)CCC1)NCCCN1CCC(O)CC1. The number of likely N-dealkylation sites (tertiary alicyclic amines) is 1. The lowest BCUT2D eigenvalue weighted by Gasteiger charge is -2.41. The number of alkyl halides is 3. The van der Waals surface area contributed by atoms with Crippen LogP contribution in [0, 0.1) is 0 Å². The molecule has 3 N–H and O–H groups in total. The van der Waals surface area contributed by atoms with Crippen molar-refractivity contribution in [3.05, 3.63) is 35.4 Å². The molecule has 0 spiro atoms. The molecule has 0 bridgehead atoms. The molecular weight excluding hydrogens is 405 g/mol. The molecule has 0 amide bonds. The molecule has 0 radical (unpaired) electrons. The zero-order valence-corrected chi connectivity index (χ0v) is 18.3. The summed E-state index contributed by atoms with van der Waals surface area (Å²) in [6, 6.07) is 5.74. The van der Waals surface area contributed by atoms with Gasteiger partial charge in [0, 0.05) is 31.6 Å². The van der Waals surface area contributed by atoms with Crippen LogP contribution in [0.25, 0.3) is 0 Å². The van der Waals surface area contributed by atoms with Crippen LogP contribution in [0.15, 0.2) is 29.3 Å². The van der Waals surface area contributed by atoms with Crippen molar-refractivity contribution in [2.45, 2.75) is 63.1 Å². The Kier molecular flexibility index (Phi) is 8.22. The van der Waals surface area contributed by atoms with Crippen molar-refractivity contribution in [1.82, 2.24) is 15.5 Å². The lowest BCUT2D eigenvalue weighted by molar-refractivity contribution is -0.137. The average molecular weight is 441 g/mol. The molecule has 3 rings (SSSR count). The maximum atomic E-state index is 13.2. The Bertz CT molecular complexity index is 726. The summed E-state index contributed by atoms with van der Waals surface area (Å²) in [5, 5.41) is 16.2. The van der Waals surface area contributed by atoms with Crippen molar-refractivity contribution in [2.24, 2.45) is 4.99 Å². The fourth-order valence-electron chi connectivity index (χ4n) is 4.39. The number of rotatable bonds is 8. The molecule has 174 valence electrons. The van der Waals surface area contributed by atoms with Crippen LogP contribution in [0.2, 0.25) is 0 Å². The highest BCUT2D eigenvalue weighted by Gasteiger charge is 2.40.